The first-order chi connectivity index (χ1) is 9.63. The van der Waals surface area contributed by atoms with Crippen LogP contribution < -0.4 is 5.32 Å². The lowest BCUT2D eigenvalue weighted by Gasteiger charge is -2.15. The summed E-state index contributed by atoms with van der Waals surface area (Å²) in [6.45, 7) is 2.66. The number of hydrogen-bond acceptors (Lipinski definition) is 4. The molecule has 2 atom stereocenters. The number of halogens is 1. The smallest absolute Gasteiger partial charge is 0.325 e. The molecule has 8 heteroatoms. The summed E-state index contributed by atoms with van der Waals surface area (Å²) < 4.78 is 36.9. The van der Waals surface area contributed by atoms with Gasteiger partial charge in [0, 0.05) is 5.92 Å². The monoisotopic (exact) mass is 317 g/mol. The van der Waals surface area contributed by atoms with Gasteiger partial charge in [-0.2, -0.15) is 0 Å². The van der Waals surface area contributed by atoms with Crippen LogP contribution in [-0.4, -0.2) is 37.2 Å². The van der Waals surface area contributed by atoms with Gasteiger partial charge >= 0.3 is 5.97 Å². The second-order valence-corrected chi connectivity index (χ2v) is 6.74. The molecule has 0 radical (unpaired) electrons. The Kier molecular flexibility index (Phi) is 5.42. The van der Waals surface area contributed by atoms with Crippen molar-refractivity contribution in [1.82, 2.24) is 5.32 Å². The highest BCUT2D eigenvalue weighted by Crippen LogP contribution is 2.15. The molecule has 0 aliphatic rings. The Bertz CT molecular complexity index is 626. The van der Waals surface area contributed by atoms with Crippen molar-refractivity contribution in [3.05, 3.63) is 30.1 Å². The fraction of sp³-hybridized carbons (Fsp3) is 0.385. The maximum Gasteiger partial charge on any atom is 0.325 e. The molecule has 0 saturated carbocycles. The zero-order valence-electron chi connectivity index (χ0n) is 11.5. The van der Waals surface area contributed by atoms with E-state index in [9.17, 15) is 22.4 Å². The number of carboxylic acids is 1. The van der Waals surface area contributed by atoms with E-state index in [4.69, 9.17) is 5.11 Å². The predicted molar refractivity (Wildman–Crippen MR) is 72.9 cm³/mol. The number of rotatable bonds is 6. The summed E-state index contributed by atoms with van der Waals surface area (Å²) in [7, 11) is -3.75. The van der Waals surface area contributed by atoms with E-state index in [0.717, 1.165) is 24.3 Å². The summed E-state index contributed by atoms with van der Waals surface area (Å²) in [5, 5.41) is 10.9. The molecular formula is C13H16FNO5S. The fourth-order valence-electron chi connectivity index (χ4n) is 1.56. The third-order valence-electron chi connectivity index (χ3n) is 2.82. The first-order valence-electron chi connectivity index (χ1n) is 6.15. The van der Waals surface area contributed by atoms with E-state index in [0.29, 0.717) is 0 Å². The van der Waals surface area contributed by atoms with Crippen LogP contribution in [-0.2, 0) is 19.4 Å². The van der Waals surface area contributed by atoms with Crippen LogP contribution in [0.4, 0.5) is 4.39 Å². The average Bonchev–Trinajstić information content (AvgIpc) is 2.38. The van der Waals surface area contributed by atoms with Gasteiger partial charge in [0.2, 0.25) is 5.91 Å². The molecule has 1 amide bonds. The van der Waals surface area contributed by atoms with Crippen molar-refractivity contribution in [3.8, 4) is 0 Å². The van der Waals surface area contributed by atoms with E-state index in [1.54, 1.807) is 0 Å². The number of amides is 1. The van der Waals surface area contributed by atoms with Gasteiger partial charge < -0.3 is 10.4 Å². The van der Waals surface area contributed by atoms with Crippen molar-refractivity contribution in [3.63, 3.8) is 0 Å². The average molecular weight is 317 g/mol. The summed E-state index contributed by atoms with van der Waals surface area (Å²) >= 11 is 0. The highest BCUT2D eigenvalue weighted by molar-refractivity contribution is 7.91. The maximum absolute atomic E-state index is 12.8. The molecule has 0 bridgehead atoms. The normalized spacial score (nSPS) is 14.2. The number of benzene rings is 1. The van der Waals surface area contributed by atoms with Crippen LogP contribution in [0.1, 0.15) is 13.8 Å². The van der Waals surface area contributed by atoms with E-state index < -0.39 is 45.2 Å². The fourth-order valence-corrected chi connectivity index (χ4v) is 3.11. The molecule has 116 valence electrons. The minimum absolute atomic E-state index is 0.0881. The van der Waals surface area contributed by atoms with Crippen molar-refractivity contribution in [1.29, 1.82) is 0 Å². The van der Waals surface area contributed by atoms with Crippen molar-refractivity contribution >= 4 is 21.7 Å². The zero-order chi connectivity index (χ0) is 16.2. The lowest BCUT2D eigenvalue weighted by Crippen LogP contribution is -2.42. The molecule has 0 aromatic heterocycles. The second kappa shape index (κ2) is 6.66. The standard InChI is InChI=1S/C13H16FNO5S/c1-8(12(16)15-9(2)13(17)18)7-21(19,20)11-5-3-10(14)4-6-11/h3-6,8-9H,7H2,1-2H3,(H,15,16)(H,17,18)/t8?,9-/m0/s1. The maximum atomic E-state index is 12.8. The third-order valence-corrected chi connectivity index (χ3v) is 4.75. The molecule has 1 aromatic carbocycles. The Morgan fingerprint density at radius 2 is 1.76 bits per heavy atom. The van der Waals surface area contributed by atoms with Crippen LogP contribution in [0.2, 0.25) is 0 Å². The largest absolute Gasteiger partial charge is 0.480 e. The van der Waals surface area contributed by atoms with Crippen LogP contribution in [0.25, 0.3) is 0 Å². The highest BCUT2D eigenvalue weighted by atomic mass is 32.2. The summed E-state index contributed by atoms with van der Waals surface area (Å²) in [6, 6.07) is 3.17. The number of carbonyl (C=O) groups excluding carboxylic acids is 1. The van der Waals surface area contributed by atoms with Gasteiger partial charge in [-0.25, -0.2) is 12.8 Å². The molecule has 2 N–H and O–H groups in total. The predicted octanol–water partition coefficient (Wildman–Crippen LogP) is 0.825. The van der Waals surface area contributed by atoms with E-state index >= 15 is 0 Å². The molecule has 1 aromatic rings. The Morgan fingerprint density at radius 1 is 1.24 bits per heavy atom. The molecule has 0 fully saturated rings. The van der Waals surface area contributed by atoms with Gasteiger partial charge in [-0.3, -0.25) is 9.59 Å². The van der Waals surface area contributed by atoms with Crippen LogP contribution >= 0.6 is 0 Å². The Balaban J connectivity index is 2.77. The van der Waals surface area contributed by atoms with Crippen LogP contribution in [0.15, 0.2) is 29.2 Å². The molecule has 21 heavy (non-hydrogen) atoms. The van der Waals surface area contributed by atoms with Crippen molar-refractivity contribution < 1.29 is 27.5 Å². The Labute approximate surface area is 121 Å². The number of nitrogens with one attached hydrogen (secondary N) is 1. The highest BCUT2D eigenvalue weighted by Gasteiger charge is 2.25. The quantitative estimate of drug-likeness (QED) is 0.757. The topological polar surface area (TPSA) is 101 Å². The number of carbonyl (C=O) groups is 2. The molecule has 0 aliphatic heterocycles. The summed E-state index contributed by atoms with van der Waals surface area (Å²) in [5.74, 6) is -3.86. The van der Waals surface area contributed by atoms with Gasteiger partial charge in [-0.05, 0) is 31.2 Å². The Morgan fingerprint density at radius 3 is 2.24 bits per heavy atom. The molecule has 0 aliphatic carbocycles. The van der Waals surface area contributed by atoms with Crippen LogP contribution in [0.5, 0.6) is 0 Å². The Hall–Kier alpha value is -1.96. The minimum atomic E-state index is -3.75. The van der Waals surface area contributed by atoms with E-state index in [1.807, 2.05) is 0 Å². The van der Waals surface area contributed by atoms with Gasteiger partial charge in [-0.1, -0.05) is 6.92 Å². The van der Waals surface area contributed by atoms with Crippen LogP contribution in [0.3, 0.4) is 0 Å². The van der Waals surface area contributed by atoms with Crippen LogP contribution in [0, 0.1) is 11.7 Å². The van der Waals surface area contributed by atoms with Gasteiger partial charge in [0.25, 0.3) is 0 Å². The summed E-state index contributed by atoms with van der Waals surface area (Å²) in [5.41, 5.74) is 0. The third kappa shape index (κ3) is 4.82. The first kappa shape index (κ1) is 17.1. The number of carboxylic acid groups (broad SMARTS) is 1. The van der Waals surface area contributed by atoms with Crippen molar-refractivity contribution in [2.45, 2.75) is 24.8 Å². The lowest BCUT2D eigenvalue weighted by atomic mass is 10.2. The van der Waals surface area contributed by atoms with E-state index in [2.05, 4.69) is 5.32 Å². The number of hydrogen-bond donors (Lipinski definition) is 2. The second-order valence-electron chi connectivity index (χ2n) is 4.70. The van der Waals surface area contributed by atoms with Crippen molar-refractivity contribution in [2.75, 3.05) is 5.75 Å². The SMILES string of the molecule is CC(CS(=O)(=O)c1ccc(F)cc1)C(=O)N[C@@H](C)C(=O)O. The van der Waals surface area contributed by atoms with Gasteiger partial charge in [0.15, 0.2) is 9.84 Å². The summed E-state index contributed by atoms with van der Waals surface area (Å²) in [4.78, 5) is 22.3. The molecular weight excluding hydrogens is 301 g/mol. The van der Waals surface area contributed by atoms with Gasteiger partial charge in [0.05, 0.1) is 10.6 Å². The van der Waals surface area contributed by atoms with Gasteiger partial charge in [-0.15, -0.1) is 0 Å². The molecule has 0 saturated heterocycles. The van der Waals surface area contributed by atoms with E-state index in [1.165, 1.54) is 13.8 Å². The minimum Gasteiger partial charge on any atom is -0.480 e. The number of aliphatic carboxylic acids is 1. The molecule has 1 unspecified atom stereocenters. The molecule has 0 heterocycles. The molecule has 1 rings (SSSR count). The lowest BCUT2D eigenvalue weighted by molar-refractivity contribution is -0.141. The van der Waals surface area contributed by atoms with E-state index in [-0.39, 0.29) is 4.90 Å². The molecule has 6 nitrogen and oxygen atoms in total. The van der Waals surface area contributed by atoms with Crippen molar-refractivity contribution in [2.24, 2.45) is 5.92 Å². The van der Waals surface area contributed by atoms with Gasteiger partial charge in [0.1, 0.15) is 11.9 Å². The summed E-state index contributed by atoms with van der Waals surface area (Å²) in [6.07, 6.45) is 0. The number of sulfone groups is 1. The zero-order valence-corrected chi connectivity index (χ0v) is 12.4. The first-order valence-corrected chi connectivity index (χ1v) is 7.80. The molecule has 0 spiro atoms.